The first-order valence-electron chi connectivity index (χ1n) is 8.01. The molecule has 0 bridgehead atoms. The van der Waals surface area contributed by atoms with Crippen LogP contribution >= 0.6 is 0 Å². The average Bonchev–Trinajstić information content (AvgIpc) is 2.92. The fourth-order valence-corrected chi connectivity index (χ4v) is 2.90. The van der Waals surface area contributed by atoms with Gasteiger partial charge in [0, 0.05) is 56.4 Å². The number of aromatic amines is 1. The summed E-state index contributed by atoms with van der Waals surface area (Å²) in [6, 6.07) is 4.23. The fraction of sp³-hybridized carbons (Fsp3) is 0.529. The van der Waals surface area contributed by atoms with Crippen molar-refractivity contribution in [1.29, 1.82) is 0 Å². The van der Waals surface area contributed by atoms with E-state index in [9.17, 15) is 0 Å². The van der Waals surface area contributed by atoms with Gasteiger partial charge in [-0.1, -0.05) is 0 Å². The van der Waals surface area contributed by atoms with Gasteiger partial charge in [-0.3, -0.25) is 15.0 Å². The summed E-state index contributed by atoms with van der Waals surface area (Å²) in [4.78, 5) is 9.20. The number of H-pyrrole nitrogens is 1. The van der Waals surface area contributed by atoms with Gasteiger partial charge < -0.3 is 9.64 Å². The molecule has 3 rings (SSSR count). The van der Waals surface area contributed by atoms with E-state index in [0.29, 0.717) is 0 Å². The van der Waals surface area contributed by atoms with E-state index in [0.717, 1.165) is 43.3 Å². The minimum atomic E-state index is 0.0227. The minimum absolute atomic E-state index is 0.0227. The van der Waals surface area contributed by atoms with Crippen molar-refractivity contribution in [2.75, 3.05) is 38.7 Å². The Hall–Kier alpha value is -1.92. The number of anilines is 1. The van der Waals surface area contributed by atoms with Gasteiger partial charge in [0.1, 0.15) is 6.10 Å². The van der Waals surface area contributed by atoms with Crippen LogP contribution in [0.5, 0.6) is 0 Å². The number of morpholine rings is 1. The van der Waals surface area contributed by atoms with Gasteiger partial charge in [-0.05, 0) is 26.0 Å². The van der Waals surface area contributed by atoms with Crippen LogP contribution in [0.2, 0.25) is 0 Å². The highest BCUT2D eigenvalue weighted by molar-refractivity contribution is 5.47. The van der Waals surface area contributed by atoms with Gasteiger partial charge in [-0.15, -0.1) is 0 Å². The molecule has 0 unspecified atom stereocenters. The van der Waals surface area contributed by atoms with Crippen LogP contribution in [-0.2, 0) is 11.3 Å². The molecule has 0 radical (unpaired) electrons. The monoisotopic (exact) mass is 315 g/mol. The van der Waals surface area contributed by atoms with Gasteiger partial charge >= 0.3 is 0 Å². The predicted octanol–water partition coefficient (Wildman–Crippen LogP) is 2.06. The summed E-state index contributed by atoms with van der Waals surface area (Å²) in [5.74, 6) is 0. The smallest absolute Gasteiger partial charge is 0.112 e. The Morgan fingerprint density at radius 2 is 2.17 bits per heavy atom. The molecule has 0 aliphatic carbocycles. The number of aryl methyl sites for hydroxylation is 2. The lowest BCUT2D eigenvalue weighted by atomic mass is 10.1. The first-order chi connectivity index (χ1) is 11.0. The number of aromatic nitrogens is 3. The largest absolute Gasteiger partial charge is 0.378 e. The summed E-state index contributed by atoms with van der Waals surface area (Å²) < 4.78 is 5.99. The van der Waals surface area contributed by atoms with Crippen molar-refractivity contribution in [1.82, 2.24) is 20.1 Å². The number of nitrogens with zero attached hydrogens (tertiary/aromatic N) is 4. The van der Waals surface area contributed by atoms with Crippen LogP contribution < -0.4 is 4.90 Å². The molecule has 3 heterocycles. The Kier molecular flexibility index (Phi) is 4.63. The van der Waals surface area contributed by atoms with Crippen molar-refractivity contribution in [3.05, 3.63) is 41.0 Å². The van der Waals surface area contributed by atoms with E-state index in [4.69, 9.17) is 9.72 Å². The van der Waals surface area contributed by atoms with Crippen LogP contribution in [0.25, 0.3) is 0 Å². The van der Waals surface area contributed by atoms with Gasteiger partial charge in [0.25, 0.3) is 0 Å². The van der Waals surface area contributed by atoms with E-state index in [1.165, 1.54) is 11.3 Å². The number of ether oxygens (including phenoxy) is 1. The van der Waals surface area contributed by atoms with Gasteiger partial charge in [0.2, 0.25) is 0 Å². The molecule has 2 aromatic heterocycles. The third kappa shape index (κ3) is 3.71. The molecule has 1 N–H and O–H groups in total. The van der Waals surface area contributed by atoms with E-state index in [1.54, 1.807) is 0 Å². The van der Waals surface area contributed by atoms with Crippen LogP contribution in [0.4, 0.5) is 5.69 Å². The van der Waals surface area contributed by atoms with E-state index in [-0.39, 0.29) is 6.10 Å². The highest BCUT2D eigenvalue weighted by atomic mass is 16.5. The number of rotatable bonds is 4. The lowest BCUT2D eigenvalue weighted by molar-refractivity contribution is -0.0350. The molecule has 0 saturated carbocycles. The molecule has 0 spiro atoms. The summed E-state index contributed by atoms with van der Waals surface area (Å²) >= 11 is 0. The van der Waals surface area contributed by atoms with Gasteiger partial charge in [0.15, 0.2) is 0 Å². The first-order valence-corrected chi connectivity index (χ1v) is 8.01. The maximum atomic E-state index is 5.99. The highest BCUT2D eigenvalue weighted by Crippen LogP contribution is 2.25. The summed E-state index contributed by atoms with van der Waals surface area (Å²) in [6.45, 7) is 7.52. The van der Waals surface area contributed by atoms with Crippen LogP contribution in [-0.4, -0.2) is 53.9 Å². The number of pyridine rings is 1. The van der Waals surface area contributed by atoms with Crippen LogP contribution in [0.1, 0.15) is 28.7 Å². The van der Waals surface area contributed by atoms with Gasteiger partial charge in [-0.2, -0.15) is 5.10 Å². The molecule has 1 saturated heterocycles. The Bertz CT molecular complexity index is 667. The third-order valence-electron chi connectivity index (χ3n) is 4.28. The van der Waals surface area contributed by atoms with E-state index in [1.807, 2.05) is 27.2 Å². The van der Waals surface area contributed by atoms with Crippen LogP contribution in [0.3, 0.4) is 0 Å². The summed E-state index contributed by atoms with van der Waals surface area (Å²) in [5.41, 5.74) is 5.59. The quantitative estimate of drug-likeness (QED) is 0.936. The maximum absolute atomic E-state index is 5.99. The Morgan fingerprint density at radius 3 is 2.87 bits per heavy atom. The summed E-state index contributed by atoms with van der Waals surface area (Å²) in [7, 11) is 4.10. The highest BCUT2D eigenvalue weighted by Gasteiger charge is 2.24. The lowest BCUT2D eigenvalue weighted by Crippen LogP contribution is -2.38. The Morgan fingerprint density at radius 1 is 1.35 bits per heavy atom. The van der Waals surface area contributed by atoms with Crippen molar-refractivity contribution >= 4 is 5.69 Å². The molecule has 1 fully saturated rings. The van der Waals surface area contributed by atoms with Crippen LogP contribution in [0.15, 0.2) is 18.3 Å². The average molecular weight is 315 g/mol. The lowest BCUT2D eigenvalue weighted by Gasteiger charge is -2.33. The zero-order valence-corrected chi connectivity index (χ0v) is 14.3. The van der Waals surface area contributed by atoms with Gasteiger partial charge in [-0.25, -0.2) is 0 Å². The van der Waals surface area contributed by atoms with E-state index >= 15 is 0 Å². The molecule has 6 heteroatoms. The van der Waals surface area contributed by atoms with Crippen molar-refractivity contribution in [3.63, 3.8) is 0 Å². The molecule has 1 aliphatic rings. The molecule has 124 valence electrons. The molecule has 6 nitrogen and oxygen atoms in total. The molecule has 1 aliphatic heterocycles. The second kappa shape index (κ2) is 6.68. The second-order valence-electron chi connectivity index (χ2n) is 6.40. The Labute approximate surface area is 137 Å². The van der Waals surface area contributed by atoms with Crippen molar-refractivity contribution in [3.8, 4) is 0 Å². The molecular formula is C17H25N5O. The number of hydrogen-bond acceptors (Lipinski definition) is 5. The number of hydrogen-bond donors (Lipinski definition) is 1. The topological polar surface area (TPSA) is 57.3 Å². The number of nitrogens with one attached hydrogen (secondary N) is 1. The van der Waals surface area contributed by atoms with Crippen molar-refractivity contribution in [2.45, 2.75) is 26.5 Å². The third-order valence-corrected chi connectivity index (χ3v) is 4.28. The fourth-order valence-electron chi connectivity index (χ4n) is 2.90. The predicted molar refractivity (Wildman–Crippen MR) is 90.6 cm³/mol. The van der Waals surface area contributed by atoms with E-state index < -0.39 is 0 Å². The maximum Gasteiger partial charge on any atom is 0.112 e. The molecular weight excluding hydrogens is 290 g/mol. The SMILES string of the molecule is Cc1cc(N(C)C)cc([C@@H]2CN(Cc3cn[nH]c3C)CCO2)n1. The zero-order valence-electron chi connectivity index (χ0n) is 14.3. The second-order valence-corrected chi connectivity index (χ2v) is 6.40. The van der Waals surface area contributed by atoms with Crippen LogP contribution in [0, 0.1) is 13.8 Å². The molecule has 2 aromatic rings. The van der Waals surface area contributed by atoms with Gasteiger partial charge in [0.05, 0.1) is 18.5 Å². The molecule has 0 amide bonds. The van der Waals surface area contributed by atoms with E-state index in [2.05, 4.69) is 39.1 Å². The minimum Gasteiger partial charge on any atom is -0.378 e. The molecule has 1 atom stereocenters. The first kappa shape index (κ1) is 16.0. The molecule has 23 heavy (non-hydrogen) atoms. The zero-order chi connectivity index (χ0) is 16.4. The summed E-state index contributed by atoms with van der Waals surface area (Å²) in [5, 5.41) is 7.11. The van der Waals surface area contributed by atoms with Crippen molar-refractivity contribution < 1.29 is 4.74 Å². The molecule has 0 aromatic carbocycles. The normalized spacial score (nSPS) is 19.0. The van der Waals surface area contributed by atoms with Crippen molar-refractivity contribution in [2.24, 2.45) is 0 Å². The standard InChI is InChI=1S/C17H25N5O/c1-12-7-15(21(3)4)8-16(19-12)17-11-22(5-6-23-17)10-14-9-18-20-13(14)2/h7-9,17H,5-6,10-11H2,1-4H3,(H,18,20)/t17-/m0/s1. The summed E-state index contributed by atoms with van der Waals surface area (Å²) in [6.07, 6.45) is 1.93. The Balaban J connectivity index is 1.74.